The Balaban J connectivity index is 1.73. The number of likely N-dealkylation sites (N-methyl/N-ethyl adjacent to an activating group) is 1. The minimum absolute atomic E-state index is 0.244. The maximum absolute atomic E-state index is 13.8. The van der Waals surface area contributed by atoms with Crippen molar-refractivity contribution < 1.29 is 19.1 Å². The molecule has 0 unspecified atom stereocenters. The first-order valence-electron chi connectivity index (χ1n) is 11.4. The number of hydrogen-bond acceptors (Lipinski definition) is 6. The summed E-state index contributed by atoms with van der Waals surface area (Å²) >= 11 is 1.27. The van der Waals surface area contributed by atoms with Gasteiger partial charge in [0.25, 0.3) is 11.8 Å². The van der Waals surface area contributed by atoms with Crippen LogP contribution in [0.2, 0.25) is 0 Å². The van der Waals surface area contributed by atoms with Crippen molar-refractivity contribution in [3.8, 4) is 0 Å². The van der Waals surface area contributed by atoms with Gasteiger partial charge in [-0.1, -0.05) is 48.2 Å². The number of imide groups is 1. The first-order chi connectivity index (χ1) is 16.9. The smallest absolute Gasteiger partial charge is 0.338 e. The number of carbonyl (C=O) groups is 3. The fourth-order valence-corrected chi connectivity index (χ4v) is 4.78. The van der Waals surface area contributed by atoms with Gasteiger partial charge in [-0.25, -0.2) is 9.69 Å². The number of para-hydroxylation sites is 1. The lowest BCUT2D eigenvalue weighted by atomic mass is 10.2. The molecule has 0 spiro atoms. The highest BCUT2D eigenvalue weighted by atomic mass is 32.2. The van der Waals surface area contributed by atoms with Crippen molar-refractivity contribution in [2.75, 3.05) is 16.3 Å². The van der Waals surface area contributed by atoms with Crippen LogP contribution in [0.15, 0.2) is 100 Å². The van der Waals surface area contributed by atoms with Gasteiger partial charge in [0.2, 0.25) is 0 Å². The largest absolute Gasteiger partial charge is 0.459 e. The molecule has 0 saturated carbocycles. The van der Waals surface area contributed by atoms with Gasteiger partial charge in [-0.2, -0.15) is 0 Å². The molecule has 0 fully saturated rings. The number of nitrogens with zero attached hydrogens (tertiary/aromatic N) is 2. The molecule has 1 aliphatic heterocycles. The Morgan fingerprint density at radius 3 is 2.06 bits per heavy atom. The molecule has 0 atom stereocenters. The van der Waals surface area contributed by atoms with E-state index in [4.69, 9.17) is 4.74 Å². The van der Waals surface area contributed by atoms with E-state index < -0.39 is 17.8 Å². The highest BCUT2D eigenvalue weighted by molar-refractivity contribution is 8.04. The molecule has 0 aromatic heterocycles. The second kappa shape index (κ2) is 10.6. The lowest BCUT2D eigenvalue weighted by Gasteiger charge is -2.24. The molecule has 6 nitrogen and oxygen atoms in total. The number of anilines is 2. The second-order valence-electron chi connectivity index (χ2n) is 8.12. The van der Waals surface area contributed by atoms with Crippen LogP contribution in [0.4, 0.5) is 11.4 Å². The highest BCUT2D eigenvalue weighted by Crippen LogP contribution is 2.40. The van der Waals surface area contributed by atoms with Gasteiger partial charge < -0.3 is 9.64 Å². The van der Waals surface area contributed by atoms with Crippen LogP contribution in [0.1, 0.15) is 31.1 Å². The SMILES string of the molecule is CCN(C1=C(Sc2ccccc2)C(=O)N(c2ccc(C(=O)OC(C)C)cc2)C1=O)c1ccccc1. The molecule has 7 heteroatoms. The summed E-state index contributed by atoms with van der Waals surface area (Å²) in [6, 6.07) is 25.4. The molecule has 0 radical (unpaired) electrons. The maximum Gasteiger partial charge on any atom is 0.338 e. The second-order valence-corrected chi connectivity index (χ2v) is 9.20. The van der Waals surface area contributed by atoms with Crippen molar-refractivity contribution in [2.24, 2.45) is 0 Å². The summed E-state index contributed by atoms with van der Waals surface area (Å²) in [5.41, 5.74) is 1.91. The maximum atomic E-state index is 13.8. The van der Waals surface area contributed by atoms with Crippen molar-refractivity contribution in [3.63, 3.8) is 0 Å². The molecule has 3 aromatic carbocycles. The number of benzene rings is 3. The van der Waals surface area contributed by atoms with E-state index in [0.29, 0.717) is 28.4 Å². The quantitative estimate of drug-likeness (QED) is 0.303. The lowest BCUT2D eigenvalue weighted by Crippen LogP contribution is -2.35. The van der Waals surface area contributed by atoms with Gasteiger partial charge in [0.1, 0.15) is 10.6 Å². The van der Waals surface area contributed by atoms with Crippen LogP contribution < -0.4 is 9.80 Å². The lowest BCUT2D eigenvalue weighted by molar-refractivity contribution is -0.120. The van der Waals surface area contributed by atoms with Crippen LogP contribution in [0.25, 0.3) is 0 Å². The van der Waals surface area contributed by atoms with E-state index in [1.807, 2.05) is 72.5 Å². The monoisotopic (exact) mass is 486 g/mol. The van der Waals surface area contributed by atoms with Crippen molar-refractivity contribution >= 4 is 40.9 Å². The number of rotatable bonds is 8. The molecule has 35 heavy (non-hydrogen) atoms. The summed E-state index contributed by atoms with van der Waals surface area (Å²) in [6.07, 6.45) is -0.244. The van der Waals surface area contributed by atoms with Gasteiger partial charge in [0.15, 0.2) is 0 Å². The normalized spacial score (nSPS) is 13.5. The van der Waals surface area contributed by atoms with Crippen molar-refractivity contribution in [1.82, 2.24) is 0 Å². The zero-order valence-electron chi connectivity index (χ0n) is 19.8. The Kier molecular flexibility index (Phi) is 7.36. The summed E-state index contributed by atoms with van der Waals surface area (Å²) in [7, 11) is 0. The molecule has 4 rings (SSSR count). The van der Waals surface area contributed by atoms with Crippen LogP contribution in [0, 0.1) is 0 Å². The Bertz CT molecular complexity index is 1260. The number of amides is 2. The van der Waals surface area contributed by atoms with Gasteiger partial charge in [-0.15, -0.1) is 0 Å². The first kappa shape index (κ1) is 24.3. The Morgan fingerprint density at radius 1 is 0.886 bits per heavy atom. The standard InChI is InChI=1S/C28H26N2O4S/c1-4-29(21-11-7-5-8-12-21)24-25(35-23-13-9-6-10-14-23)27(32)30(26(24)31)22-17-15-20(16-18-22)28(33)34-19(2)3/h5-19H,4H2,1-3H3. The average molecular weight is 487 g/mol. The number of carbonyl (C=O) groups excluding carboxylic acids is 3. The van der Waals surface area contributed by atoms with Crippen molar-refractivity contribution in [1.29, 1.82) is 0 Å². The fourth-order valence-electron chi connectivity index (χ4n) is 3.78. The van der Waals surface area contributed by atoms with E-state index >= 15 is 0 Å². The zero-order chi connectivity index (χ0) is 24.9. The predicted octanol–water partition coefficient (Wildman–Crippen LogP) is 5.66. The number of hydrogen-bond donors (Lipinski definition) is 0. The molecule has 178 valence electrons. The van der Waals surface area contributed by atoms with Crippen molar-refractivity contribution in [2.45, 2.75) is 31.8 Å². The van der Waals surface area contributed by atoms with E-state index in [0.717, 1.165) is 10.6 Å². The van der Waals surface area contributed by atoms with Crippen LogP contribution in [0.5, 0.6) is 0 Å². The van der Waals surface area contributed by atoms with E-state index in [9.17, 15) is 14.4 Å². The van der Waals surface area contributed by atoms with Crippen LogP contribution in [-0.2, 0) is 14.3 Å². The van der Waals surface area contributed by atoms with E-state index in [1.54, 1.807) is 38.1 Å². The number of esters is 1. The highest BCUT2D eigenvalue weighted by Gasteiger charge is 2.42. The molecule has 1 aliphatic rings. The topological polar surface area (TPSA) is 66.9 Å². The summed E-state index contributed by atoms with van der Waals surface area (Å²) in [5.74, 6) is -1.26. The first-order valence-corrected chi connectivity index (χ1v) is 12.2. The summed E-state index contributed by atoms with van der Waals surface area (Å²) in [4.78, 5) is 43.9. The van der Waals surface area contributed by atoms with Gasteiger partial charge in [-0.05, 0) is 69.3 Å². The van der Waals surface area contributed by atoms with E-state index in [1.165, 1.54) is 16.7 Å². The zero-order valence-corrected chi connectivity index (χ0v) is 20.6. The van der Waals surface area contributed by atoms with Gasteiger partial charge in [0, 0.05) is 17.1 Å². The summed E-state index contributed by atoms with van der Waals surface area (Å²) < 4.78 is 5.23. The van der Waals surface area contributed by atoms with Gasteiger partial charge in [0.05, 0.1) is 17.4 Å². The number of thioether (sulfide) groups is 1. The third kappa shape index (κ3) is 5.15. The molecule has 0 bridgehead atoms. The summed E-state index contributed by atoms with van der Waals surface area (Å²) in [5, 5.41) is 0. The Morgan fingerprint density at radius 2 is 1.49 bits per heavy atom. The predicted molar refractivity (Wildman–Crippen MR) is 138 cm³/mol. The Hall–Kier alpha value is -3.84. The minimum atomic E-state index is -0.453. The molecule has 0 N–H and O–H groups in total. The van der Waals surface area contributed by atoms with Crippen LogP contribution in [-0.4, -0.2) is 30.4 Å². The molecular weight excluding hydrogens is 460 g/mol. The van der Waals surface area contributed by atoms with E-state index in [2.05, 4.69) is 0 Å². The fraction of sp³-hybridized carbons (Fsp3) is 0.179. The molecule has 2 amide bonds. The summed E-state index contributed by atoms with van der Waals surface area (Å²) in [6.45, 7) is 6.00. The van der Waals surface area contributed by atoms with Crippen LogP contribution >= 0.6 is 11.8 Å². The third-order valence-corrected chi connectivity index (χ3v) is 6.42. The molecule has 0 saturated heterocycles. The minimum Gasteiger partial charge on any atom is -0.459 e. The molecule has 3 aromatic rings. The van der Waals surface area contributed by atoms with Gasteiger partial charge in [-0.3, -0.25) is 9.59 Å². The molecular formula is C28H26N2O4S. The van der Waals surface area contributed by atoms with Crippen LogP contribution in [0.3, 0.4) is 0 Å². The molecule has 0 aliphatic carbocycles. The van der Waals surface area contributed by atoms with Gasteiger partial charge >= 0.3 is 5.97 Å². The molecule has 1 heterocycles. The van der Waals surface area contributed by atoms with E-state index in [-0.39, 0.29) is 6.10 Å². The Labute approximate surface area is 209 Å². The third-order valence-electron chi connectivity index (χ3n) is 5.34. The number of ether oxygens (including phenoxy) is 1. The average Bonchev–Trinajstić information content (AvgIpc) is 3.10. The van der Waals surface area contributed by atoms with Crippen molar-refractivity contribution in [3.05, 3.63) is 101 Å².